The van der Waals surface area contributed by atoms with Gasteiger partial charge in [0.25, 0.3) is 10.4 Å². The molecule has 0 bridgehead atoms. The lowest BCUT2D eigenvalue weighted by Gasteiger charge is -2.37. The standard InChI is InChI=1S/C32H52F2N6O6S/c1-20(21-14-11-10-12-15-21)35-27(41)22(18-25(33)34)36-28(42)23-16-13-17-40(23)29(43)26(32(5,6)7)38-30(44)37-24(31(2,3)4)19-39(8)47(9,45)46/h10-12,14-15,20,22-26H,13,16-19H2,1-9H3,(H4-,35,36,37,38,41,42,44,45,46)/p+1/t20?,22-,23-,24+,26+/m0/s1. The van der Waals surface area contributed by atoms with Crippen LogP contribution in [0.15, 0.2) is 30.3 Å². The van der Waals surface area contributed by atoms with Gasteiger partial charge in [0.2, 0.25) is 24.1 Å². The van der Waals surface area contributed by atoms with Gasteiger partial charge in [0.1, 0.15) is 18.1 Å². The van der Waals surface area contributed by atoms with E-state index >= 15 is 0 Å². The van der Waals surface area contributed by atoms with E-state index in [9.17, 15) is 36.7 Å². The Morgan fingerprint density at radius 3 is 2.11 bits per heavy atom. The van der Waals surface area contributed by atoms with Gasteiger partial charge >= 0.3 is 6.03 Å². The van der Waals surface area contributed by atoms with Crippen molar-refractivity contribution in [3.63, 3.8) is 0 Å². The van der Waals surface area contributed by atoms with Crippen LogP contribution in [-0.4, -0.2) is 94.5 Å². The second-order valence-corrected chi connectivity index (χ2v) is 16.6. The molecule has 1 aliphatic rings. The van der Waals surface area contributed by atoms with Crippen LogP contribution in [-0.2, 0) is 29.0 Å². The molecule has 5 amide bonds. The summed E-state index contributed by atoms with van der Waals surface area (Å²) in [5.74, 6) is -2.03. The molecular weight excluding hydrogens is 634 g/mol. The first-order valence-electron chi connectivity index (χ1n) is 15.8. The number of hydrogen-bond acceptors (Lipinski definition) is 5. The number of hydrogen-bond donors (Lipinski definition) is 5. The number of nitrogens with one attached hydrogen (secondary N) is 4. The molecule has 6 atom stereocenters. The highest BCUT2D eigenvalue weighted by atomic mass is 32.3. The van der Waals surface area contributed by atoms with Crippen LogP contribution < -0.4 is 21.3 Å². The number of likely N-dealkylation sites (N-methyl/N-ethyl adjacent to an activating group) is 1. The third kappa shape index (κ3) is 12.1. The van der Waals surface area contributed by atoms with E-state index in [1.807, 2.05) is 26.8 Å². The van der Waals surface area contributed by atoms with Gasteiger partial charge in [-0.05, 0) is 40.4 Å². The lowest BCUT2D eigenvalue weighted by Crippen LogP contribution is -2.62. The molecule has 1 heterocycles. The van der Waals surface area contributed by atoms with Gasteiger partial charge in [-0.2, -0.15) is 4.55 Å². The van der Waals surface area contributed by atoms with Crippen molar-refractivity contribution in [3.05, 3.63) is 35.9 Å². The number of nitrogens with zero attached hydrogens (tertiary/aromatic N) is 2. The molecule has 1 aromatic rings. The summed E-state index contributed by atoms with van der Waals surface area (Å²) in [6, 6.07) is 3.55. The van der Waals surface area contributed by atoms with Crippen LogP contribution in [0.3, 0.4) is 0 Å². The number of carbonyl (C=O) groups is 4. The molecule has 1 aliphatic heterocycles. The molecular formula is C32H53F2N6O6S+. The number of benzene rings is 1. The molecule has 47 heavy (non-hydrogen) atoms. The summed E-state index contributed by atoms with van der Waals surface area (Å²) in [6.07, 6.45) is -1.89. The molecule has 0 saturated carbocycles. The largest absolute Gasteiger partial charge is 0.348 e. The number of alkyl halides is 2. The highest BCUT2D eigenvalue weighted by Gasteiger charge is 2.43. The van der Waals surface area contributed by atoms with Gasteiger partial charge in [-0.15, -0.1) is 0 Å². The fourth-order valence-electron chi connectivity index (χ4n) is 5.20. The fourth-order valence-corrected chi connectivity index (χ4v) is 5.62. The highest BCUT2D eigenvalue weighted by Crippen LogP contribution is 2.27. The zero-order chi connectivity index (χ0) is 35.9. The van der Waals surface area contributed by atoms with Crippen LogP contribution in [0.4, 0.5) is 13.6 Å². The monoisotopic (exact) mass is 687 g/mol. The molecule has 0 aromatic heterocycles. The second kappa shape index (κ2) is 16.3. The first-order chi connectivity index (χ1) is 21.5. The maximum absolute atomic E-state index is 14.0. The Labute approximate surface area is 278 Å². The number of amides is 5. The van der Waals surface area contributed by atoms with Gasteiger partial charge in [0.05, 0.1) is 18.6 Å². The summed E-state index contributed by atoms with van der Waals surface area (Å²) in [5, 5.41) is 10.7. The summed E-state index contributed by atoms with van der Waals surface area (Å²) in [6.45, 7) is 12.8. The Morgan fingerprint density at radius 2 is 1.60 bits per heavy atom. The van der Waals surface area contributed by atoms with Crippen molar-refractivity contribution >= 4 is 34.2 Å². The molecule has 2 rings (SSSR count). The number of rotatable bonds is 13. The first-order valence-corrected chi connectivity index (χ1v) is 17.6. The molecule has 0 spiro atoms. The lowest BCUT2D eigenvalue weighted by molar-refractivity contribution is -0.142. The van der Waals surface area contributed by atoms with Gasteiger partial charge in [0, 0.05) is 20.0 Å². The molecule has 2 unspecified atom stereocenters. The maximum Gasteiger partial charge on any atom is 0.315 e. The molecule has 0 radical (unpaired) electrons. The second-order valence-electron chi connectivity index (χ2n) is 14.4. The van der Waals surface area contributed by atoms with Crippen molar-refractivity contribution in [2.45, 2.75) is 104 Å². The van der Waals surface area contributed by atoms with E-state index in [0.717, 1.165) is 5.56 Å². The molecule has 12 nitrogen and oxygen atoms in total. The van der Waals surface area contributed by atoms with Crippen LogP contribution in [0.2, 0.25) is 0 Å². The quantitative estimate of drug-likeness (QED) is 0.200. The fraction of sp³-hybridized carbons (Fsp3) is 0.688. The van der Waals surface area contributed by atoms with E-state index in [2.05, 4.69) is 21.3 Å². The van der Waals surface area contributed by atoms with Crippen molar-refractivity contribution in [1.82, 2.24) is 30.5 Å². The summed E-state index contributed by atoms with van der Waals surface area (Å²) in [7, 11) is -1.80. The highest BCUT2D eigenvalue weighted by molar-refractivity contribution is 7.94. The van der Waals surface area contributed by atoms with E-state index in [1.54, 1.807) is 52.0 Å². The smallest absolute Gasteiger partial charge is 0.315 e. The van der Waals surface area contributed by atoms with Crippen molar-refractivity contribution in [1.29, 1.82) is 0 Å². The van der Waals surface area contributed by atoms with Crippen LogP contribution >= 0.6 is 0 Å². The van der Waals surface area contributed by atoms with Crippen LogP contribution in [0, 0.1) is 10.8 Å². The minimum atomic E-state index is -3.27. The Hall–Kier alpha value is -3.17. The number of carbonyl (C=O) groups excluding carboxylic acids is 4. The lowest BCUT2D eigenvalue weighted by atomic mass is 9.85. The third-order valence-electron chi connectivity index (χ3n) is 8.30. The average Bonchev–Trinajstić information content (AvgIpc) is 3.43. The van der Waals surface area contributed by atoms with Crippen LogP contribution in [0.1, 0.15) is 79.3 Å². The maximum atomic E-state index is 14.0. The topological polar surface area (TPSA) is 160 Å². The van der Waals surface area contributed by atoms with E-state index < -0.39 is 88.0 Å². The number of likely N-dealkylation sites (tertiary alicyclic amines) is 1. The number of halogens is 2. The van der Waals surface area contributed by atoms with Crippen LogP contribution in [0.25, 0.3) is 0 Å². The minimum absolute atomic E-state index is 0.0583. The predicted octanol–water partition coefficient (Wildman–Crippen LogP) is 3.57. The van der Waals surface area contributed by atoms with Crippen molar-refractivity contribution in [3.8, 4) is 0 Å². The van der Waals surface area contributed by atoms with E-state index in [0.29, 0.717) is 6.42 Å². The van der Waals surface area contributed by atoms with Gasteiger partial charge in [-0.3, -0.25) is 14.4 Å². The Balaban J connectivity index is 2.21. The summed E-state index contributed by atoms with van der Waals surface area (Å²) < 4.78 is 50.4. The first kappa shape index (κ1) is 40.0. The van der Waals surface area contributed by atoms with Crippen LogP contribution in [0.5, 0.6) is 0 Å². The minimum Gasteiger partial charge on any atom is -0.348 e. The van der Waals surface area contributed by atoms with Crippen molar-refractivity contribution in [2.75, 3.05) is 26.4 Å². The molecule has 1 aromatic carbocycles. The zero-order valence-electron chi connectivity index (χ0n) is 28.9. The molecule has 1 fully saturated rings. The van der Waals surface area contributed by atoms with E-state index in [1.165, 1.54) is 22.5 Å². The van der Waals surface area contributed by atoms with Gasteiger partial charge in [0.15, 0.2) is 6.26 Å². The molecule has 1 saturated heterocycles. The van der Waals surface area contributed by atoms with Gasteiger partial charge < -0.3 is 26.2 Å². The van der Waals surface area contributed by atoms with Crippen molar-refractivity contribution in [2.24, 2.45) is 10.8 Å². The van der Waals surface area contributed by atoms with E-state index in [4.69, 9.17) is 0 Å². The molecule has 0 aliphatic carbocycles. The van der Waals surface area contributed by atoms with Gasteiger partial charge in [-0.25, -0.2) is 13.6 Å². The number of urea groups is 1. The average molecular weight is 688 g/mol. The zero-order valence-corrected chi connectivity index (χ0v) is 29.7. The molecule has 266 valence electrons. The summed E-state index contributed by atoms with van der Waals surface area (Å²) in [5.41, 5.74) is -0.560. The predicted molar refractivity (Wildman–Crippen MR) is 178 cm³/mol. The Morgan fingerprint density at radius 1 is 1.00 bits per heavy atom. The Bertz CT molecular complexity index is 1280. The van der Waals surface area contributed by atoms with Gasteiger partial charge in [-0.1, -0.05) is 76.2 Å². The normalized spacial score (nSPS) is 19.4. The Kier molecular flexibility index (Phi) is 13.9. The van der Waals surface area contributed by atoms with E-state index in [-0.39, 0.29) is 19.5 Å². The van der Waals surface area contributed by atoms with Crippen molar-refractivity contribution < 1.29 is 36.7 Å². The molecule has 5 N–H and O–H groups in total. The SMILES string of the molecule is CC(NC(=O)[C@H](CC(F)F)NC(=O)[C@@H]1CCCN1C(=O)[C@@H](NC(=O)N[C@H](CN(C)[S+](C)(=O)O)C(C)(C)C)C(C)(C)C)c1ccccc1. The third-order valence-corrected chi connectivity index (χ3v) is 9.61. The molecule has 15 heteroatoms. The summed E-state index contributed by atoms with van der Waals surface area (Å²) in [4.78, 5) is 55.1. The summed E-state index contributed by atoms with van der Waals surface area (Å²) >= 11 is 0.